The van der Waals surface area contributed by atoms with Crippen LogP contribution in [0.15, 0.2) is 119 Å². The van der Waals surface area contributed by atoms with Crippen LogP contribution in [0.1, 0.15) is 40.8 Å². The van der Waals surface area contributed by atoms with Crippen LogP contribution in [0.2, 0.25) is 0 Å². The number of methoxy groups -OCH3 is 2. The van der Waals surface area contributed by atoms with Crippen LogP contribution in [0.5, 0.6) is 11.5 Å². The molecule has 0 saturated carbocycles. The Morgan fingerprint density at radius 1 is 0.980 bits per heavy atom. The van der Waals surface area contributed by atoms with Crippen molar-refractivity contribution in [3.05, 3.63) is 156 Å². The van der Waals surface area contributed by atoms with Crippen molar-refractivity contribution in [2.75, 3.05) is 20.8 Å². The molecule has 0 radical (unpaired) electrons. The monoisotopic (exact) mass is 680 g/mol. The van der Waals surface area contributed by atoms with Crippen LogP contribution in [0.3, 0.4) is 0 Å². The number of para-hydroxylation sites is 1. The van der Waals surface area contributed by atoms with E-state index in [1.165, 1.54) is 11.3 Å². The first kappa shape index (κ1) is 32.4. The maximum absolute atomic E-state index is 14.6. The van der Waals surface area contributed by atoms with Gasteiger partial charge in [-0.1, -0.05) is 78.1 Å². The molecule has 1 atom stereocenters. The second kappa shape index (κ2) is 13.7. The molecule has 0 fully saturated rings. The molecule has 3 heterocycles. The fourth-order valence-corrected chi connectivity index (χ4v) is 7.38. The van der Waals surface area contributed by atoms with E-state index in [9.17, 15) is 14.9 Å². The number of hydrogen-bond donors (Lipinski definition) is 0. The summed E-state index contributed by atoms with van der Waals surface area (Å²) in [6.07, 6.45) is 3.87. The number of nitrogens with zero attached hydrogens (tertiary/aromatic N) is 4. The van der Waals surface area contributed by atoms with E-state index in [0.29, 0.717) is 49.8 Å². The highest BCUT2D eigenvalue weighted by Crippen LogP contribution is 2.40. The molecule has 9 nitrogen and oxygen atoms in total. The maximum Gasteiger partial charge on any atom is 0.338 e. The van der Waals surface area contributed by atoms with Gasteiger partial charge in [0.15, 0.2) is 4.80 Å². The zero-order valence-corrected chi connectivity index (χ0v) is 28.4. The van der Waals surface area contributed by atoms with Crippen molar-refractivity contribution in [3.8, 4) is 17.6 Å². The third kappa shape index (κ3) is 5.78. The van der Waals surface area contributed by atoms with E-state index >= 15 is 0 Å². The van der Waals surface area contributed by atoms with Crippen molar-refractivity contribution in [3.63, 3.8) is 0 Å². The molecule has 0 bridgehead atoms. The number of carbonyl (C=O) groups is 1. The van der Waals surface area contributed by atoms with Crippen LogP contribution in [0.4, 0.5) is 0 Å². The zero-order chi connectivity index (χ0) is 34.8. The average molecular weight is 681 g/mol. The molecule has 1 aliphatic rings. The van der Waals surface area contributed by atoms with Crippen molar-refractivity contribution in [1.82, 2.24) is 9.13 Å². The van der Waals surface area contributed by atoms with Gasteiger partial charge in [-0.05, 0) is 42.8 Å². The second-order valence-electron chi connectivity index (χ2n) is 11.5. The summed E-state index contributed by atoms with van der Waals surface area (Å²) >= 11 is 1.25. The molecule has 1 aliphatic heterocycles. The molecule has 7 rings (SSSR count). The smallest absolute Gasteiger partial charge is 0.338 e. The molecule has 4 aromatic carbocycles. The maximum atomic E-state index is 14.6. The third-order valence-electron chi connectivity index (χ3n) is 8.69. The molecule has 0 unspecified atom stereocenters. The molecule has 0 N–H and O–H groups in total. The fourth-order valence-electron chi connectivity index (χ4n) is 6.39. The second-order valence-corrected chi connectivity index (χ2v) is 12.5. The molecule has 0 amide bonds. The highest BCUT2D eigenvalue weighted by molar-refractivity contribution is 7.07. The predicted molar refractivity (Wildman–Crippen MR) is 193 cm³/mol. The minimum atomic E-state index is -0.910. The van der Waals surface area contributed by atoms with Crippen LogP contribution >= 0.6 is 11.3 Å². The van der Waals surface area contributed by atoms with Crippen molar-refractivity contribution >= 4 is 40.0 Å². The fraction of sp³-hybridized carbons (Fsp3) is 0.150. The normalized spacial score (nSPS) is 14.2. The number of rotatable bonds is 9. The largest absolute Gasteiger partial charge is 0.497 e. The lowest BCUT2D eigenvalue weighted by atomic mass is 9.92. The number of benzene rings is 4. The number of esters is 1. The van der Waals surface area contributed by atoms with Crippen LogP contribution in [0.25, 0.3) is 22.7 Å². The summed E-state index contributed by atoms with van der Waals surface area (Å²) in [7, 11) is 3.10. The molecule has 50 heavy (non-hydrogen) atoms. The van der Waals surface area contributed by atoms with Gasteiger partial charge in [0, 0.05) is 46.4 Å². The zero-order valence-electron chi connectivity index (χ0n) is 27.6. The van der Waals surface area contributed by atoms with Gasteiger partial charge in [-0.3, -0.25) is 9.36 Å². The topological polar surface area (TPSA) is 108 Å². The van der Waals surface area contributed by atoms with E-state index in [1.54, 1.807) is 43.9 Å². The summed E-state index contributed by atoms with van der Waals surface area (Å²) in [6, 6.07) is 31.6. The van der Waals surface area contributed by atoms with Crippen LogP contribution in [-0.2, 0) is 16.1 Å². The summed E-state index contributed by atoms with van der Waals surface area (Å²) in [5.41, 5.74) is 4.96. The van der Waals surface area contributed by atoms with Crippen LogP contribution < -0.4 is 24.4 Å². The van der Waals surface area contributed by atoms with Gasteiger partial charge in [-0.2, -0.15) is 5.26 Å². The summed E-state index contributed by atoms with van der Waals surface area (Å²) in [5, 5.41) is 10.7. The van der Waals surface area contributed by atoms with E-state index in [-0.39, 0.29) is 17.7 Å². The van der Waals surface area contributed by atoms with Crippen LogP contribution in [0, 0.1) is 11.3 Å². The molecule has 6 aromatic rings. The number of nitriles is 1. The van der Waals surface area contributed by atoms with Gasteiger partial charge in [-0.15, -0.1) is 0 Å². The number of fused-ring (bicyclic) bond motifs is 2. The number of ether oxygens (including phenoxy) is 3. The third-order valence-corrected chi connectivity index (χ3v) is 9.68. The summed E-state index contributed by atoms with van der Waals surface area (Å²) < 4.78 is 21.0. The lowest BCUT2D eigenvalue weighted by molar-refractivity contribution is -0.138. The number of thiazole rings is 1. The number of hydrogen-bond acceptors (Lipinski definition) is 8. The SMILES string of the molecule is CCOC(=O)C1=C(c2ccccc2)N=c2s/c(=C\c3cn(Cc4ccccc4C#N)c4ccccc34)c(=O)n2[C@@H]1c1ccc(OC)cc1OC. The van der Waals surface area contributed by atoms with Gasteiger partial charge in [0.05, 0.1) is 48.3 Å². The molecular weight excluding hydrogens is 649 g/mol. The first-order valence-corrected chi connectivity index (χ1v) is 16.8. The molecule has 10 heteroatoms. The lowest BCUT2D eigenvalue weighted by Crippen LogP contribution is -2.40. The van der Waals surface area contributed by atoms with Crippen LogP contribution in [-0.4, -0.2) is 35.9 Å². The Labute approximate surface area is 291 Å². The number of carbonyl (C=O) groups excluding carboxylic acids is 1. The number of aromatic nitrogens is 2. The molecule has 0 spiro atoms. The predicted octanol–water partition coefficient (Wildman–Crippen LogP) is 5.83. The Morgan fingerprint density at radius 3 is 2.50 bits per heavy atom. The summed E-state index contributed by atoms with van der Waals surface area (Å²) in [6.45, 7) is 2.37. The van der Waals surface area contributed by atoms with E-state index in [1.807, 2.05) is 91.1 Å². The summed E-state index contributed by atoms with van der Waals surface area (Å²) in [4.78, 5) is 33.9. The molecule has 0 aliphatic carbocycles. The molecular formula is C40H32N4O5S. The quantitative estimate of drug-likeness (QED) is 0.178. The Kier molecular flexibility index (Phi) is 8.90. The minimum Gasteiger partial charge on any atom is -0.497 e. The highest BCUT2D eigenvalue weighted by atomic mass is 32.1. The van der Waals surface area contributed by atoms with E-state index in [4.69, 9.17) is 19.2 Å². The van der Waals surface area contributed by atoms with E-state index in [0.717, 1.165) is 22.0 Å². The standard InChI is InChI=1S/C40H32N4O5S/c1-4-49-39(46)35-36(25-12-6-5-7-13-25)42-40-44(37(35)31-19-18-29(47-2)21-33(31)48-3)38(45)34(50-40)20-28-24-43(32-17-11-10-16-30(28)32)23-27-15-9-8-14-26(27)22-41/h5-21,24,37H,4,23H2,1-3H3/b34-20-/t37-/m1/s1. The van der Waals surface area contributed by atoms with Crippen molar-refractivity contribution in [2.24, 2.45) is 4.99 Å². The van der Waals surface area contributed by atoms with Gasteiger partial charge < -0.3 is 18.8 Å². The van der Waals surface area contributed by atoms with Gasteiger partial charge in [-0.25, -0.2) is 9.79 Å². The van der Waals surface area contributed by atoms with Crippen molar-refractivity contribution < 1.29 is 19.0 Å². The minimum absolute atomic E-state index is 0.143. The van der Waals surface area contributed by atoms with E-state index < -0.39 is 12.0 Å². The van der Waals surface area contributed by atoms with Gasteiger partial charge >= 0.3 is 5.97 Å². The van der Waals surface area contributed by atoms with Gasteiger partial charge in [0.25, 0.3) is 5.56 Å². The summed E-state index contributed by atoms with van der Waals surface area (Å²) in [5.74, 6) is 0.436. The molecule has 0 saturated heterocycles. The Morgan fingerprint density at radius 2 is 1.74 bits per heavy atom. The Balaban J connectivity index is 1.47. The Hall–Kier alpha value is -6.18. The molecule has 2 aromatic heterocycles. The van der Waals surface area contributed by atoms with Crippen molar-refractivity contribution in [2.45, 2.75) is 19.5 Å². The highest BCUT2D eigenvalue weighted by Gasteiger charge is 2.37. The first-order valence-electron chi connectivity index (χ1n) is 16.0. The first-order chi connectivity index (χ1) is 24.4. The van der Waals surface area contributed by atoms with E-state index in [2.05, 4.69) is 10.6 Å². The lowest BCUT2D eigenvalue weighted by Gasteiger charge is -2.27. The Bertz CT molecular complexity index is 2520. The van der Waals surface area contributed by atoms with Gasteiger partial charge in [0.1, 0.15) is 17.5 Å². The molecule has 248 valence electrons. The van der Waals surface area contributed by atoms with Crippen molar-refractivity contribution in [1.29, 1.82) is 5.26 Å². The van der Waals surface area contributed by atoms with Gasteiger partial charge in [0.2, 0.25) is 0 Å². The average Bonchev–Trinajstić information content (AvgIpc) is 3.66.